The molecule has 238 valence electrons. The Morgan fingerprint density at radius 2 is 0.958 bits per heavy atom. The van der Waals surface area contributed by atoms with Gasteiger partial charge in [0.15, 0.2) is 0 Å². The van der Waals surface area contributed by atoms with Crippen molar-refractivity contribution in [2.45, 2.75) is 52.6 Å². The van der Waals surface area contributed by atoms with Crippen molar-refractivity contribution in [2.75, 3.05) is 13.1 Å². The number of unbranched alkanes of at least 4 members (excludes halogenated alkanes) is 2. The van der Waals surface area contributed by atoms with Crippen LogP contribution in [0.25, 0.3) is 54.9 Å². The number of benzene rings is 6. The van der Waals surface area contributed by atoms with Crippen LogP contribution in [0.4, 0.5) is 0 Å². The van der Waals surface area contributed by atoms with E-state index >= 15 is 0 Å². The van der Waals surface area contributed by atoms with Gasteiger partial charge in [0.25, 0.3) is 0 Å². The lowest BCUT2D eigenvalue weighted by molar-refractivity contribution is -0.953. The van der Waals surface area contributed by atoms with E-state index in [1.807, 2.05) is 24.3 Å². The molecule has 0 fully saturated rings. The van der Waals surface area contributed by atoms with E-state index in [1.54, 1.807) is 0 Å². The Kier molecular flexibility index (Phi) is 9.79. The van der Waals surface area contributed by atoms with Gasteiger partial charge in [0.2, 0.25) is 0 Å². The van der Waals surface area contributed by atoms with Crippen LogP contribution >= 0.6 is 0 Å². The number of hydrogen-bond donors (Lipinski definition) is 0. The minimum atomic E-state index is 0. The average Bonchev–Trinajstić information content (AvgIpc) is 3.28. The molecule has 1 aliphatic heterocycles. The van der Waals surface area contributed by atoms with Gasteiger partial charge >= 0.3 is 0 Å². The van der Waals surface area contributed by atoms with Crippen molar-refractivity contribution in [2.24, 2.45) is 0 Å². The minimum absolute atomic E-state index is 0. The van der Waals surface area contributed by atoms with Gasteiger partial charge in [-0.3, -0.25) is 0 Å². The Balaban J connectivity index is 0.00000401. The number of nitriles is 2. The van der Waals surface area contributed by atoms with Gasteiger partial charge in [-0.15, -0.1) is 0 Å². The van der Waals surface area contributed by atoms with Crippen LogP contribution in [-0.2, 0) is 13.1 Å². The zero-order chi connectivity index (χ0) is 32.4. The van der Waals surface area contributed by atoms with E-state index in [4.69, 9.17) is 0 Å². The summed E-state index contributed by atoms with van der Waals surface area (Å²) >= 11 is 0. The van der Waals surface area contributed by atoms with Crippen molar-refractivity contribution >= 4 is 21.5 Å². The van der Waals surface area contributed by atoms with E-state index in [2.05, 4.69) is 111 Å². The van der Waals surface area contributed by atoms with Gasteiger partial charge in [-0.2, -0.15) is 10.5 Å². The van der Waals surface area contributed by atoms with Gasteiger partial charge in [0, 0.05) is 22.3 Å². The molecular weight excluding hydrogens is 650 g/mol. The molecule has 0 amide bonds. The summed E-state index contributed by atoms with van der Waals surface area (Å²) in [4.78, 5) is 0. The maximum absolute atomic E-state index is 9.59. The highest BCUT2D eigenvalue weighted by Gasteiger charge is 2.37. The van der Waals surface area contributed by atoms with Crippen LogP contribution in [0.2, 0.25) is 0 Å². The van der Waals surface area contributed by atoms with Gasteiger partial charge in [0.05, 0.1) is 36.4 Å². The average molecular weight is 691 g/mol. The molecule has 7 rings (SSSR count). The third kappa shape index (κ3) is 6.04. The molecule has 0 bridgehead atoms. The summed E-state index contributed by atoms with van der Waals surface area (Å²) in [5.74, 6) is 0. The smallest absolute Gasteiger partial charge is 0.106 e. The van der Waals surface area contributed by atoms with Crippen molar-refractivity contribution in [3.8, 4) is 45.5 Å². The van der Waals surface area contributed by atoms with E-state index in [0.29, 0.717) is 11.1 Å². The highest BCUT2D eigenvalue weighted by atomic mass is 79.9. The van der Waals surface area contributed by atoms with Gasteiger partial charge in [-0.05, 0) is 93.0 Å². The van der Waals surface area contributed by atoms with Gasteiger partial charge in [0.1, 0.15) is 13.1 Å². The van der Waals surface area contributed by atoms with Crippen molar-refractivity contribution in [1.82, 2.24) is 0 Å². The maximum Gasteiger partial charge on any atom is 0.106 e. The predicted octanol–water partition coefficient (Wildman–Crippen LogP) is 8.17. The number of halogens is 1. The van der Waals surface area contributed by atoms with Crippen LogP contribution in [0.5, 0.6) is 0 Å². The summed E-state index contributed by atoms with van der Waals surface area (Å²) in [6.07, 6.45) is 4.67. The number of rotatable bonds is 8. The number of nitrogens with zero attached hydrogens (tertiary/aromatic N) is 3. The maximum atomic E-state index is 9.59. The predicted molar refractivity (Wildman–Crippen MR) is 194 cm³/mol. The Labute approximate surface area is 295 Å². The highest BCUT2D eigenvalue weighted by molar-refractivity contribution is 6.12. The quantitative estimate of drug-likeness (QED) is 0.151. The van der Waals surface area contributed by atoms with E-state index in [9.17, 15) is 10.5 Å². The lowest BCUT2D eigenvalue weighted by atomic mass is 9.82. The molecule has 6 aromatic rings. The monoisotopic (exact) mass is 689 g/mol. The number of fused-ring (bicyclic) bond motifs is 7. The molecule has 0 spiro atoms. The summed E-state index contributed by atoms with van der Waals surface area (Å²) in [5.41, 5.74) is 11.7. The molecule has 1 aliphatic rings. The second kappa shape index (κ2) is 14.2. The molecule has 0 saturated heterocycles. The van der Waals surface area contributed by atoms with Gasteiger partial charge in [-0.1, -0.05) is 99.5 Å². The normalized spacial score (nSPS) is 13.1. The first-order chi connectivity index (χ1) is 23.1. The second-order valence-corrected chi connectivity index (χ2v) is 13.2. The first-order valence-electron chi connectivity index (χ1n) is 17.0. The van der Waals surface area contributed by atoms with Crippen LogP contribution in [0.3, 0.4) is 0 Å². The molecule has 0 aromatic heterocycles. The van der Waals surface area contributed by atoms with Crippen molar-refractivity contribution < 1.29 is 21.5 Å². The highest BCUT2D eigenvalue weighted by Crippen LogP contribution is 2.50. The molecule has 0 N–H and O–H groups in total. The topological polar surface area (TPSA) is 47.6 Å². The van der Waals surface area contributed by atoms with E-state index in [0.717, 1.165) is 54.6 Å². The zero-order valence-electron chi connectivity index (χ0n) is 27.8. The fraction of sp³-hybridized carbons (Fsp3) is 0.227. The standard InChI is InChI=1S/C44H40N3.BrH/c1-3-5-23-47(24-6-4-2)29-41-39(33-19-15-31(27-45)16-20-33)25-35-11-7-9-13-37(35)43(41)44-38-14-10-8-12-36(38)26-40(42(44)30-47)34-21-17-32(28-46)18-22-34;/h7-22,25-26H,3-6,23-24,29-30H2,1-2H3;1H/q+1;/p-1. The van der Waals surface area contributed by atoms with Crippen LogP contribution in [-0.4, -0.2) is 17.6 Å². The van der Waals surface area contributed by atoms with E-state index in [-0.39, 0.29) is 17.0 Å². The zero-order valence-corrected chi connectivity index (χ0v) is 29.4. The summed E-state index contributed by atoms with van der Waals surface area (Å²) < 4.78 is 1.00. The van der Waals surface area contributed by atoms with Gasteiger partial charge in [-0.25, -0.2) is 0 Å². The Bertz CT molecular complexity index is 2030. The van der Waals surface area contributed by atoms with E-state index < -0.39 is 0 Å². The molecule has 6 aromatic carbocycles. The lowest BCUT2D eigenvalue weighted by Crippen LogP contribution is -3.00. The van der Waals surface area contributed by atoms with Crippen LogP contribution in [0, 0.1) is 22.7 Å². The third-order valence-corrected chi connectivity index (χ3v) is 10.2. The molecule has 0 radical (unpaired) electrons. The lowest BCUT2D eigenvalue weighted by Gasteiger charge is -2.39. The van der Waals surface area contributed by atoms with Gasteiger partial charge < -0.3 is 21.5 Å². The summed E-state index contributed by atoms with van der Waals surface area (Å²) in [5, 5.41) is 24.2. The third-order valence-electron chi connectivity index (χ3n) is 10.2. The Morgan fingerprint density at radius 1 is 0.562 bits per heavy atom. The van der Waals surface area contributed by atoms with Crippen LogP contribution in [0.1, 0.15) is 61.8 Å². The summed E-state index contributed by atoms with van der Waals surface area (Å²) in [6.45, 7) is 8.75. The Morgan fingerprint density at radius 3 is 1.33 bits per heavy atom. The number of quaternary nitrogens is 1. The first kappa shape index (κ1) is 33.2. The molecule has 48 heavy (non-hydrogen) atoms. The van der Waals surface area contributed by atoms with Crippen LogP contribution in [0.15, 0.2) is 109 Å². The van der Waals surface area contributed by atoms with Crippen LogP contribution < -0.4 is 17.0 Å². The second-order valence-electron chi connectivity index (χ2n) is 13.2. The molecular formula is C44H40BrN3. The molecule has 0 unspecified atom stereocenters. The van der Waals surface area contributed by atoms with Crippen molar-refractivity contribution in [1.29, 1.82) is 10.5 Å². The summed E-state index contributed by atoms with van der Waals surface area (Å²) in [7, 11) is 0. The minimum Gasteiger partial charge on any atom is -1.00 e. The molecule has 1 heterocycles. The fourth-order valence-electron chi connectivity index (χ4n) is 7.79. The summed E-state index contributed by atoms with van der Waals surface area (Å²) in [6, 6.07) is 43.5. The molecule has 0 aliphatic carbocycles. The van der Waals surface area contributed by atoms with Crippen molar-refractivity contribution in [3.63, 3.8) is 0 Å². The van der Waals surface area contributed by atoms with Crippen molar-refractivity contribution in [3.05, 3.63) is 131 Å². The Hall–Kier alpha value is -4.74. The fourth-order valence-corrected chi connectivity index (χ4v) is 7.79. The largest absolute Gasteiger partial charge is 1.00 e. The molecule has 3 nitrogen and oxygen atoms in total. The molecule has 4 heteroatoms. The SMILES string of the molecule is CCCC[N+]1(CCCC)Cc2c(-c3ccc(C#N)cc3)cc3ccccc3c2-c2c(c(-c3ccc(C#N)cc3)cc3ccccc23)C1.[Br-]. The first-order valence-corrected chi connectivity index (χ1v) is 17.0. The molecule has 0 atom stereocenters. The van der Waals surface area contributed by atoms with E-state index in [1.165, 1.54) is 67.8 Å². The molecule has 0 saturated carbocycles. The number of hydrogen-bond acceptors (Lipinski definition) is 2.